The van der Waals surface area contributed by atoms with Crippen molar-refractivity contribution in [2.75, 3.05) is 5.32 Å². The second-order valence-corrected chi connectivity index (χ2v) is 6.53. The van der Waals surface area contributed by atoms with Gasteiger partial charge in [0.2, 0.25) is 5.95 Å². The number of benzene rings is 1. The molecule has 0 bridgehead atoms. The Morgan fingerprint density at radius 3 is 2.48 bits per heavy atom. The summed E-state index contributed by atoms with van der Waals surface area (Å²) in [7, 11) is 1.73. The van der Waals surface area contributed by atoms with Crippen LogP contribution in [0.1, 0.15) is 32.3 Å². The van der Waals surface area contributed by atoms with Crippen LogP contribution in [0, 0.1) is 5.82 Å². The van der Waals surface area contributed by atoms with Gasteiger partial charge in [-0.15, -0.1) is 5.10 Å². The molecule has 23 heavy (non-hydrogen) atoms. The van der Waals surface area contributed by atoms with Gasteiger partial charge < -0.3 is 5.32 Å². The minimum atomic E-state index is -0.344. The van der Waals surface area contributed by atoms with E-state index in [0.29, 0.717) is 0 Å². The molecule has 122 valence electrons. The molecule has 0 saturated heterocycles. The fourth-order valence-corrected chi connectivity index (χ4v) is 2.92. The first kappa shape index (κ1) is 15.5. The van der Waals surface area contributed by atoms with Crippen LogP contribution in [-0.2, 0) is 12.5 Å². The van der Waals surface area contributed by atoms with Crippen molar-refractivity contribution in [1.82, 2.24) is 20.1 Å². The van der Waals surface area contributed by atoms with E-state index in [1.54, 1.807) is 19.2 Å². The van der Waals surface area contributed by atoms with Crippen LogP contribution in [0.4, 0.5) is 15.1 Å². The number of halogens is 1. The van der Waals surface area contributed by atoms with Crippen LogP contribution in [0.5, 0.6) is 0 Å². The zero-order chi connectivity index (χ0) is 16.7. The third kappa shape index (κ3) is 2.91. The van der Waals surface area contributed by atoms with E-state index >= 15 is 0 Å². The molecule has 6 nitrogen and oxygen atoms in total. The topological polar surface area (TPSA) is 71.8 Å². The van der Waals surface area contributed by atoms with Gasteiger partial charge in [0.1, 0.15) is 12.1 Å². The van der Waals surface area contributed by atoms with Gasteiger partial charge in [0.25, 0.3) is 0 Å². The van der Waals surface area contributed by atoms with Gasteiger partial charge in [-0.1, -0.05) is 26.0 Å². The number of rotatable bonds is 4. The van der Waals surface area contributed by atoms with Crippen molar-refractivity contribution in [2.24, 2.45) is 7.05 Å². The first-order valence-corrected chi connectivity index (χ1v) is 7.53. The molecule has 1 aromatic heterocycles. The molecule has 1 saturated carbocycles. The number of anilines is 1. The highest BCUT2D eigenvalue weighted by Crippen LogP contribution is 2.51. The Hall–Kier alpha value is -2.44. The number of hydrogen-bond donors (Lipinski definition) is 2. The van der Waals surface area contributed by atoms with Crippen LogP contribution in [0.15, 0.2) is 30.6 Å². The van der Waals surface area contributed by atoms with E-state index in [1.165, 1.54) is 23.1 Å². The molecule has 2 aromatic rings. The average Bonchev–Trinajstić information content (AvgIpc) is 3.16. The van der Waals surface area contributed by atoms with E-state index in [2.05, 4.69) is 34.6 Å². The maximum atomic E-state index is 13.1. The summed E-state index contributed by atoms with van der Waals surface area (Å²) in [4.78, 5) is 16.2. The lowest BCUT2D eigenvalue weighted by Crippen LogP contribution is -2.51. The average molecular weight is 317 g/mol. The molecular formula is C16H20FN5O. The number of amides is 2. The van der Waals surface area contributed by atoms with Crippen molar-refractivity contribution in [3.05, 3.63) is 42.0 Å². The van der Waals surface area contributed by atoms with Crippen LogP contribution >= 0.6 is 0 Å². The van der Waals surface area contributed by atoms with Crippen molar-refractivity contribution in [1.29, 1.82) is 0 Å². The highest BCUT2D eigenvalue weighted by molar-refractivity contribution is 5.88. The Morgan fingerprint density at radius 2 is 1.96 bits per heavy atom. The number of nitrogens with one attached hydrogen (secondary N) is 2. The first-order valence-electron chi connectivity index (χ1n) is 7.53. The summed E-state index contributed by atoms with van der Waals surface area (Å²) in [6, 6.07) is 6.12. The molecule has 0 atom stereocenters. The number of aromatic nitrogens is 3. The van der Waals surface area contributed by atoms with Crippen LogP contribution in [-0.4, -0.2) is 26.3 Å². The third-order valence-corrected chi connectivity index (χ3v) is 4.69. The van der Waals surface area contributed by atoms with Gasteiger partial charge in [0.15, 0.2) is 0 Å². The summed E-state index contributed by atoms with van der Waals surface area (Å²) in [5.41, 5.74) is 0.340. The molecule has 2 N–H and O–H groups in total. The number of hydrogen-bond acceptors (Lipinski definition) is 3. The van der Waals surface area contributed by atoms with Gasteiger partial charge in [0, 0.05) is 12.5 Å². The lowest BCUT2D eigenvalue weighted by molar-refractivity contribution is 0.236. The van der Waals surface area contributed by atoms with E-state index < -0.39 is 0 Å². The normalized spacial score (nSPS) is 16.0. The molecular weight excluding hydrogens is 297 g/mol. The van der Waals surface area contributed by atoms with Crippen molar-refractivity contribution in [3.8, 4) is 0 Å². The molecule has 0 spiro atoms. The highest BCUT2D eigenvalue weighted by atomic mass is 19.1. The lowest BCUT2D eigenvalue weighted by atomic mass is 9.75. The fourth-order valence-electron chi connectivity index (χ4n) is 2.92. The van der Waals surface area contributed by atoms with E-state index in [4.69, 9.17) is 0 Å². The zero-order valence-electron chi connectivity index (χ0n) is 13.4. The minimum absolute atomic E-state index is 0.263. The Balaban J connectivity index is 1.73. The zero-order valence-corrected chi connectivity index (χ0v) is 13.4. The SMILES string of the molecule is Cn1cnc(NC(=O)NC2(C(C)(C)c3ccc(F)cc3)CC2)n1. The summed E-state index contributed by atoms with van der Waals surface area (Å²) in [5.74, 6) is 0.00159. The number of urea groups is 1. The third-order valence-electron chi connectivity index (χ3n) is 4.69. The summed E-state index contributed by atoms with van der Waals surface area (Å²) in [6.07, 6.45) is 3.27. The molecule has 1 fully saturated rings. The molecule has 0 aliphatic heterocycles. The largest absolute Gasteiger partial charge is 0.331 e. The highest BCUT2D eigenvalue weighted by Gasteiger charge is 2.56. The van der Waals surface area contributed by atoms with Gasteiger partial charge in [0.05, 0.1) is 5.54 Å². The lowest BCUT2D eigenvalue weighted by Gasteiger charge is -2.36. The second-order valence-electron chi connectivity index (χ2n) is 6.53. The molecule has 2 amide bonds. The second kappa shape index (κ2) is 5.33. The van der Waals surface area contributed by atoms with Crippen molar-refractivity contribution in [3.63, 3.8) is 0 Å². The summed E-state index contributed by atoms with van der Waals surface area (Å²) in [6.45, 7) is 4.12. The molecule has 0 radical (unpaired) electrons. The first-order chi connectivity index (χ1) is 10.8. The van der Waals surface area contributed by atoms with Crippen LogP contribution < -0.4 is 10.6 Å². The Bertz CT molecular complexity index is 718. The van der Waals surface area contributed by atoms with Gasteiger partial charge in [-0.2, -0.15) is 0 Å². The van der Waals surface area contributed by atoms with Crippen LogP contribution in [0.2, 0.25) is 0 Å². The quantitative estimate of drug-likeness (QED) is 0.910. The summed E-state index contributed by atoms with van der Waals surface area (Å²) < 4.78 is 14.7. The van der Waals surface area contributed by atoms with Crippen LogP contribution in [0.3, 0.4) is 0 Å². The summed E-state index contributed by atoms with van der Waals surface area (Å²) >= 11 is 0. The summed E-state index contributed by atoms with van der Waals surface area (Å²) in [5, 5.41) is 9.71. The predicted octanol–water partition coefficient (Wildman–Crippen LogP) is 2.59. The number of nitrogens with zero attached hydrogens (tertiary/aromatic N) is 3. The van der Waals surface area contributed by atoms with E-state index in [9.17, 15) is 9.18 Å². The maximum Gasteiger partial charge on any atom is 0.322 e. The molecule has 3 rings (SSSR count). The van der Waals surface area contributed by atoms with Crippen LogP contribution in [0.25, 0.3) is 0 Å². The number of carbonyl (C=O) groups excluding carboxylic acids is 1. The number of carbonyl (C=O) groups is 1. The van der Waals surface area contributed by atoms with Crippen molar-refractivity contribution < 1.29 is 9.18 Å². The number of aryl methyl sites for hydroxylation is 1. The van der Waals surface area contributed by atoms with Crippen molar-refractivity contribution in [2.45, 2.75) is 37.6 Å². The molecule has 1 heterocycles. The molecule has 0 unspecified atom stereocenters. The van der Waals surface area contributed by atoms with Gasteiger partial charge in [-0.3, -0.25) is 10.00 Å². The monoisotopic (exact) mass is 317 g/mol. The Kier molecular flexibility index (Phi) is 3.58. The minimum Gasteiger partial charge on any atom is -0.331 e. The standard InChI is InChI=1S/C16H20FN5O/c1-15(2,11-4-6-12(17)7-5-11)16(8-9-16)20-14(23)19-13-18-10-22(3)21-13/h4-7,10H,8-9H2,1-3H3,(H2,19,20,21,23). The van der Waals surface area contributed by atoms with Gasteiger partial charge in [-0.05, 0) is 30.5 Å². The van der Waals surface area contributed by atoms with E-state index in [-0.39, 0.29) is 28.8 Å². The van der Waals surface area contributed by atoms with Gasteiger partial charge in [-0.25, -0.2) is 14.2 Å². The smallest absolute Gasteiger partial charge is 0.322 e. The fraction of sp³-hybridized carbons (Fsp3) is 0.438. The Labute approximate surface area is 134 Å². The molecule has 1 aliphatic rings. The molecule has 1 aromatic carbocycles. The van der Waals surface area contributed by atoms with Gasteiger partial charge >= 0.3 is 6.03 Å². The molecule has 7 heteroatoms. The molecule has 1 aliphatic carbocycles. The van der Waals surface area contributed by atoms with E-state index in [1.807, 2.05) is 0 Å². The Morgan fingerprint density at radius 1 is 1.30 bits per heavy atom. The van der Waals surface area contributed by atoms with E-state index in [0.717, 1.165) is 18.4 Å². The predicted molar refractivity (Wildman–Crippen MR) is 84.5 cm³/mol. The van der Waals surface area contributed by atoms with Crippen molar-refractivity contribution >= 4 is 12.0 Å². The maximum absolute atomic E-state index is 13.1.